The second-order valence-electron chi connectivity index (χ2n) is 9.72. The van der Waals surface area contributed by atoms with Gasteiger partial charge in [-0.3, -0.25) is 9.69 Å². The Balaban J connectivity index is 1.45. The van der Waals surface area contributed by atoms with E-state index in [1.807, 2.05) is 0 Å². The lowest BCUT2D eigenvalue weighted by Gasteiger charge is -2.38. The molecule has 1 atom stereocenters. The molecule has 2 aliphatic heterocycles. The standard InChI is InChI=1S/C26H29N3O2/c1-29-23(30)26(28-24(29)27)21-16-18(9-8-17-6-7-17)10-11-22(21)31-25(26)14-12-19-4-2-3-5-20(19)13-15-25/h2-5,10-11,16-17H,6-9,12-15H2,1H3,(H2,27,28). The number of rotatable bonds is 3. The van der Waals surface area contributed by atoms with Crippen LogP contribution in [0, 0.1) is 5.92 Å². The van der Waals surface area contributed by atoms with E-state index < -0.39 is 11.1 Å². The van der Waals surface area contributed by atoms with Crippen LogP contribution in [0.4, 0.5) is 0 Å². The first-order chi connectivity index (χ1) is 15.0. The third-order valence-corrected chi connectivity index (χ3v) is 7.89. The molecule has 1 unspecified atom stereocenters. The molecule has 0 bridgehead atoms. The number of benzene rings is 2. The van der Waals surface area contributed by atoms with Crippen molar-refractivity contribution in [1.29, 1.82) is 0 Å². The monoisotopic (exact) mass is 415 g/mol. The van der Waals surface area contributed by atoms with Crippen LogP contribution in [-0.2, 0) is 29.6 Å². The molecule has 0 saturated heterocycles. The van der Waals surface area contributed by atoms with Crippen LogP contribution >= 0.6 is 0 Å². The molecule has 1 amide bonds. The molecule has 2 heterocycles. The summed E-state index contributed by atoms with van der Waals surface area (Å²) in [5.74, 6) is 1.89. The van der Waals surface area contributed by atoms with Crippen molar-refractivity contribution in [3.63, 3.8) is 0 Å². The Labute approximate surface area is 183 Å². The van der Waals surface area contributed by atoms with Gasteiger partial charge in [0.05, 0.1) is 0 Å². The van der Waals surface area contributed by atoms with E-state index in [9.17, 15) is 4.79 Å². The van der Waals surface area contributed by atoms with Gasteiger partial charge in [0.2, 0.25) is 5.54 Å². The number of nitrogens with two attached hydrogens (primary N) is 1. The van der Waals surface area contributed by atoms with Crippen LogP contribution < -0.4 is 10.5 Å². The summed E-state index contributed by atoms with van der Waals surface area (Å²) in [4.78, 5) is 20.2. The van der Waals surface area contributed by atoms with Crippen molar-refractivity contribution in [2.45, 2.75) is 62.5 Å². The molecule has 5 nitrogen and oxygen atoms in total. The maximum Gasteiger partial charge on any atom is 0.266 e. The molecule has 0 aromatic heterocycles. The molecule has 1 saturated carbocycles. The number of hydrogen-bond donors (Lipinski definition) is 1. The SMILES string of the molecule is CN1C(=O)C2(N=C1N)c1cc(CCC3CC3)ccc1OC21CCc2ccccc2CC1. The smallest absolute Gasteiger partial charge is 0.266 e. The van der Waals surface area contributed by atoms with Crippen molar-refractivity contribution in [3.05, 3.63) is 64.7 Å². The fraction of sp³-hybridized carbons (Fsp3) is 0.462. The highest BCUT2D eigenvalue weighted by Gasteiger charge is 2.68. The summed E-state index contributed by atoms with van der Waals surface area (Å²) in [5.41, 5.74) is 9.30. The predicted octanol–water partition coefficient (Wildman–Crippen LogP) is 3.72. The molecule has 5 heteroatoms. The molecular formula is C26H29N3O2. The highest BCUT2D eigenvalue weighted by molar-refractivity contribution is 6.08. The van der Waals surface area contributed by atoms with Crippen LogP contribution in [0.1, 0.15) is 54.4 Å². The predicted molar refractivity (Wildman–Crippen MR) is 120 cm³/mol. The van der Waals surface area contributed by atoms with Crippen LogP contribution in [0.15, 0.2) is 47.5 Å². The van der Waals surface area contributed by atoms with Gasteiger partial charge in [-0.15, -0.1) is 0 Å². The van der Waals surface area contributed by atoms with Gasteiger partial charge in [0.15, 0.2) is 5.96 Å². The Morgan fingerprint density at radius 3 is 2.45 bits per heavy atom. The second kappa shape index (κ2) is 6.59. The largest absolute Gasteiger partial charge is 0.483 e. The van der Waals surface area contributed by atoms with Gasteiger partial charge < -0.3 is 10.5 Å². The number of hydrogen-bond acceptors (Lipinski definition) is 4. The number of amides is 1. The van der Waals surface area contributed by atoms with E-state index in [2.05, 4.69) is 42.5 Å². The first kappa shape index (κ1) is 18.9. The van der Waals surface area contributed by atoms with E-state index in [0.717, 1.165) is 49.3 Å². The number of guanidine groups is 1. The molecule has 4 aliphatic rings. The summed E-state index contributed by atoms with van der Waals surface area (Å²) >= 11 is 0. The lowest BCUT2D eigenvalue weighted by molar-refractivity contribution is -0.138. The van der Waals surface area contributed by atoms with Gasteiger partial charge in [0.1, 0.15) is 11.4 Å². The second-order valence-corrected chi connectivity index (χ2v) is 9.72. The van der Waals surface area contributed by atoms with Crippen LogP contribution in [0.2, 0.25) is 0 Å². The zero-order valence-corrected chi connectivity index (χ0v) is 18.1. The molecule has 2 N–H and O–H groups in total. The Kier molecular flexibility index (Phi) is 4.02. The van der Waals surface area contributed by atoms with Crippen molar-refractivity contribution < 1.29 is 9.53 Å². The van der Waals surface area contributed by atoms with Crippen molar-refractivity contribution in [3.8, 4) is 5.75 Å². The highest BCUT2D eigenvalue weighted by atomic mass is 16.5. The Hall–Kier alpha value is -2.82. The molecular weight excluding hydrogens is 386 g/mol. The van der Waals surface area contributed by atoms with Crippen molar-refractivity contribution in [1.82, 2.24) is 4.90 Å². The van der Waals surface area contributed by atoms with E-state index in [0.29, 0.717) is 0 Å². The zero-order chi connectivity index (χ0) is 21.2. The number of likely N-dealkylation sites (N-methyl/N-ethyl adjacent to an activating group) is 1. The molecule has 2 aromatic rings. The molecule has 6 rings (SSSR count). The number of fused-ring (bicyclic) bond motifs is 4. The number of carbonyl (C=O) groups is 1. The molecule has 0 radical (unpaired) electrons. The number of aliphatic imine (C=N–C) groups is 1. The maximum atomic E-state index is 13.8. The van der Waals surface area contributed by atoms with Crippen molar-refractivity contribution in [2.24, 2.45) is 16.6 Å². The van der Waals surface area contributed by atoms with Gasteiger partial charge >= 0.3 is 0 Å². The van der Waals surface area contributed by atoms with Gasteiger partial charge in [0, 0.05) is 12.6 Å². The topological polar surface area (TPSA) is 67.9 Å². The number of aryl methyl sites for hydroxylation is 3. The van der Waals surface area contributed by atoms with Crippen LogP contribution in [-0.4, -0.2) is 29.4 Å². The zero-order valence-electron chi connectivity index (χ0n) is 18.1. The van der Waals surface area contributed by atoms with Crippen molar-refractivity contribution in [2.75, 3.05) is 7.05 Å². The van der Waals surface area contributed by atoms with Gasteiger partial charge in [0.25, 0.3) is 5.91 Å². The van der Waals surface area contributed by atoms with E-state index in [1.165, 1.54) is 40.9 Å². The average molecular weight is 416 g/mol. The van der Waals surface area contributed by atoms with Gasteiger partial charge in [-0.25, -0.2) is 4.99 Å². The average Bonchev–Trinajstić information content (AvgIpc) is 3.56. The normalized spacial score (nSPS) is 25.9. The van der Waals surface area contributed by atoms with Gasteiger partial charge in [-0.2, -0.15) is 0 Å². The van der Waals surface area contributed by atoms with Crippen LogP contribution in [0.25, 0.3) is 0 Å². The lowest BCUT2D eigenvalue weighted by atomic mass is 9.71. The van der Waals surface area contributed by atoms with E-state index >= 15 is 0 Å². The Morgan fingerprint density at radius 2 is 1.84 bits per heavy atom. The first-order valence-electron chi connectivity index (χ1n) is 11.6. The highest BCUT2D eigenvalue weighted by Crippen LogP contribution is 2.57. The fourth-order valence-corrected chi connectivity index (χ4v) is 5.83. The third kappa shape index (κ3) is 2.68. The van der Waals surface area contributed by atoms with Crippen LogP contribution in [0.5, 0.6) is 5.75 Å². The number of nitrogens with zero attached hydrogens (tertiary/aromatic N) is 2. The lowest BCUT2D eigenvalue weighted by Crippen LogP contribution is -2.56. The maximum absolute atomic E-state index is 13.8. The minimum Gasteiger partial charge on any atom is -0.483 e. The van der Waals surface area contributed by atoms with Crippen LogP contribution in [0.3, 0.4) is 0 Å². The molecule has 2 aliphatic carbocycles. The molecule has 2 spiro atoms. The summed E-state index contributed by atoms with van der Waals surface area (Å²) in [6, 6.07) is 15.0. The number of ether oxygens (including phenoxy) is 1. The molecule has 2 aromatic carbocycles. The minimum absolute atomic E-state index is 0.0611. The molecule has 31 heavy (non-hydrogen) atoms. The summed E-state index contributed by atoms with van der Waals surface area (Å²) in [6.07, 6.45) is 8.18. The molecule has 1 fully saturated rings. The van der Waals surface area contributed by atoms with E-state index in [4.69, 9.17) is 15.5 Å². The fourth-order valence-electron chi connectivity index (χ4n) is 5.83. The Morgan fingerprint density at radius 1 is 1.13 bits per heavy atom. The number of carbonyl (C=O) groups excluding carboxylic acids is 1. The summed E-state index contributed by atoms with van der Waals surface area (Å²) in [5, 5.41) is 0. The van der Waals surface area contributed by atoms with Crippen molar-refractivity contribution >= 4 is 11.9 Å². The Bertz CT molecular complexity index is 1080. The molecule has 160 valence electrons. The summed E-state index contributed by atoms with van der Waals surface area (Å²) in [6.45, 7) is 0. The third-order valence-electron chi connectivity index (χ3n) is 7.89. The summed E-state index contributed by atoms with van der Waals surface area (Å²) < 4.78 is 6.73. The summed E-state index contributed by atoms with van der Waals surface area (Å²) in [7, 11) is 1.73. The van der Waals surface area contributed by atoms with Gasteiger partial charge in [-0.05, 0) is 73.3 Å². The van der Waals surface area contributed by atoms with E-state index in [1.54, 1.807) is 7.05 Å². The van der Waals surface area contributed by atoms with E-state index in [-0.39, 0.29) is 11.9 Å². The minimum atomic E-state index is -1.08. The quantitative estimate of drug-likeness (QED) is 0.831. The van der Waals surface area contributed by atoms with Gasteiger partial charge in [-0.1, -0.05) is 43.2 Å². The first-order valence-corrected chi connectivity index (χ1v) is 11.6.